The Bertz CT molecular complexity index is 450. The third kappa shape index (κ3) is 3.18. The van der Waals surface area contributed by atoms with Crippen molar-refractivity contribution in [3.8, 4) is 0 Å². The predicted octanol–water partition coefficient (Wildman–Crippen LogP) is 2.52. The molecule has 0 heterocycles. The molecule has 0 bridgehead atoms. The molecule has 0 spiro atoms. The molecule has 1 aromatic rings. The molecule has 1 aliphatic carbocycles. The molecule has 1 amide bonds. The molecule has 1 atom stereocenters. The van der Waals surface area contributed by atoms with Gasteiger partial charge in [0.1, 0.15) is 5.82 Å². The number of aliphatic hydroxyl groups excluding tert-OH is 1. The van der Waals surface area contributed by atoms with E-state index >= 15 is 0 Å². The maximum atomic E-state index is 13.1. The maximum Gasteiger partial charge on any atom is 0.230 e. The maximum absolute atomic E-state index is 13.1. The van der Waals surface area contributed by atoms with Gasteiger partial charge in [-0.25, -0.2) is 4.39 Å². The van der Waals surface area contributed by atoms with Crippen molar-refractivity contribution < 1.29 is 14.3 Å². The van der Waals surface area contributed by atoms with Crippen LogP contribution in [0.1, 0.15) is 44.6 Å². The highest BCUT2D eigenvalue weighted by molar-refractivity contribution is 5.88. The molecule has 4 heteroatoms. The van der Waals surface area contributed by atoms with Crippen LogP contribution >= 0.6 is 0 Å². The third-order valence-corrected chi connectivity index (χ3v) is 4.14. The summed E-state index contributed by atoms with van der Waals surface area (Å²) >= 11 is 0. The zero-order chi connectivity index (χ0) is 14.6. The molecule has 0 saturated heterocycles. The number of aliphatic hydroxyl groups is 1. The van der Waals surface area contributed by atoms with Crippen molar-refractivity contribution in [2.75, 3.05) is 6.54 Å². The molecule has 1 unspecified atom stereocenters. The number of hydrogen-bond donors (Lipinski definition) is 2. The lowest BCUT2D eigenvalue weighted by molar-refractivity contribution is -0.126. The summed E-state index contributed by atoms with van der Waals surface area (Å²) in [5.41, 5.74) is 0.373. The summed E-state index contributed by atoms with van der Waals surface area (Å²) in [5.74, 6) is -0.279. The summed E-state index contributed by atoms with van der Waals surface area (Å²) in [7, 11) is 0. The molecule has 2 rings (SSSR count). The second-order valence-corrected chi connectivity index (χ2v) is 5.69. The Balaban J connectivity index is 2.13. The van der Waals surface area contributed by atoms with Crippen LogP contribution in [-0.4, -0.2) is 23.7 Å². The molecule has 3 nitrogen and oxygen atoms in total. The summed E-state index contributed by atoms with van der Waals surface area (Å²) in [4.78, 5) is 12.5. The van der Waals surface area contributed by atoms with Gasteiger partial charge in [-0.15, -0.1) is 0 Å². The minimum atomic E-state index is -0.521. The van der Waals surface area contributed by atoms with Crippen molar-refractivity contribution in [1.29, 1.82) is 0 Å². The molecule has 1 aliphatic rings. The molecular formula is C16H22FNO2. The number of rotatable bonds is 5. The summed E-state index contributed by atoms with van der Waals surface area (Å²) in [6, 6.07) is 6.26. The lowest BCUT2D eigenvalue weighted by Crippen LogP contribution is -2.43. The van der Waals surface area contributed by atoms with E-state index in [-0.39, 0.29) is 11.7 Å². The average molecular weight is 279 g/mol. The van der Waals surface area contributed by atoms with E-state index in [0.29, 0.717) is 13.0 Å². The Morgan fingerprint density at radius 2 is 1.95 bits per heavy atom. The van der Waals surface area contributed by atoms with Crippen LogP contribution in [0.15, 0.2) is 24.3 Å². The first kappa shape index (κ1) is 15.0. The Morgan fingerprint density at radius 1 is 1.35 bits per heavy atom. The van der Waals surface area contributed by atoms with Crippen molar-refractivity contribution >= 4 is 5.91 Å². The van der Waals surface area contributed by atoms with Crippen LogP contribution in [0.5, 0.6) is 0 Å². The van der Waals surface area contributed by atoms with Crippen molar-refractivity contribution in [3.63, 3.8) is 0 Å². The van der Waals surface area contributed by atoms with Gasteiger partial charge in [-0.2, -0.15) is 0 Å². The summed E-state index contributed by atoms with van der Waals surface area (Å²) < 4.78 is 13.1. The normalized spacial score (nSPS) is 18.8. The Kier molecular flexibility index (Phi) is 4.76. The van der Waals surface area contributed by atoms with E-state index in [4.69, 9.17) is 0 Å². The number of amides is 1. The molecule has 0 aliphatic heterocycles. The van der Waals surface area contributed by atoms with Gasteiger partial charge in [0.25, 0.3) is 0 Å². The van der Waals surface area contributed by atoms with Gasteiger partial charge in [-0.1, -0.05) is 25.0 Å². The fourth-order valence-corrected chi connectivity index (χ4v) is 2.96. The van der Waals surface area contributed by atoms with E-state index in [9.17, 15) is 14.3 Å². The molecule has 110 valence electrons. The number of nitrogens with one attached hydrogen (secondary N) is 1. The predicted molar refractivity (Wildman–Crippen MR) is 75.9 cm³/mol. The van der Waals surface area contributed by atoms with Gasteiger partial charge in [0.2, 0.25) is 5.91 Å². The molecule has 1 aromatic carbocycles. The van der Waals surface area contributed by atoms with Crippen LogP contribution in [0.2, 0.25) is 0 Å². The van der Waals surface area contributed by atoms with Gasteiger partial charge >= 0.3 is 0 Å². The van der Waals surface area contributed by atoms with Gasteiger partial charge in [0, 0.05) is 6.54 Å². The van der Waals surface area contributed by atoms with Crippen LogP contribution in [0.3, 0.4) is 0 Å². The Labute approximate surface area is 119 Å². The van der Waals surface area contributed by atoms with Crippen molar-refractivity contribution in [2.24, 2.45) is 0 Å². The van der Waals surface area contributed by atoms with Gasteiger partial charge < -0.3 is 10.4 Å². The van der Waals surface area contributed by atoms with Gasteiger partial charge in [0.15, 0.2) is 0 Å². The van der Waals surface area contributed by atoms with E-state index in [1.807, 2.05) is 0 Å². The second-order valence-electron chi connectivity index (χ2n) is 5.69. The zero-order valence-corrected chi connectivity index (χ0v) is 11.9. The SMILES string of the molecule is CC(O)CCNC(=O)C1(c2ccc(F)cc2)CCCC1. The highest BCUT2D eigenvalue weighted by atomic mass is 19.1. The summed E-state index contributed by atoms with van der Waals surface area (Å²) in [6.07, 6.45) is 3.77. The molecule has 2 N–H and O–H groups in total. The topological polar surface area (TPSA) is 49.3 Å². The van der Waals surface area contributed by atoms with Crippen molar-refractivity contribution in [2.45, 2.75) is 50.5 Å². The molecule has 1 fully saturated rings. The van der Waals surface area contributed by atoms with Crippen LogP contribution in [-0.2, 0) is 10.2 Å². The lowest BCUT2D eigenvalue weighted by Gasteiger charge is -2.28. The summed E-state index contributed by atoms with van der Waals surface area (Å²) in [5, 5.41) is 12.2. The molecule has 1 saturated carbocycles. The number of benzene rings is 1. The standard InChI is InChI=1S/C16H22FNO2/c1-12(19)8-11-18-15(20)16(9-2-3-10-16)13-4-6-14(17)7-5-13/h4-7,12,19H,2-3,8-11H2,1H3,(H,18,20). The number of carbonyl (C=O) groups is 1. The van der Waals surface area contributed by atoms with E-state index in [0.717, 1.165) is 31.2 Å². The fraction of sp³-hybridized carbons (Fsp3) is 0.562. The minimum Gasteiger partial charge on any atom is -0.393 e. The first-order valence-corrected chi connectivity index (χ1v) is 7.27. The number of carbonyl (C=O) groups excluding carboxylic acids is 1. The lowest BCUT2D eigenvalue weighted by atomic mass is 9.78. The van der Waals surface area contributed by atoms with Crippen LogP contribution < -0.4 is 5.32 Å². The highest BCUT2D eigenvalue weighted by Gasteiger charge is 2.42. The van der Waals surface area contributed by atoms with Crippen LogP contribution in [0.4, 0.5) is 4.39 Å². The quantitative estimate of drug-likeness (QED) is 0.870. The Morgan fingerprint density at radius 3 is 2.50 bits per heavy atom. The van der Waals surface area contributed by atoms with E-state index in [2.05, 4.69) is 5.32 Å². The van der Waals surface area contributed by atoms with Crippen LogP contribution in [0, 0.1) is 5.82 Å². The minimum absolute atomic E-state index is 0.00209. The Hall–Kier alpha value is -1.42. The molecule has 0 radical (unpaired) electrons. The third-order valence-electron chi connectivity index (χ3n) is 4.14. The van der Waals surface area contributed by atoms with Gasteiger partial charge in [-0.3, -0.25) is 4.79 Å². The average Bonchev–Trinajstić information content (AvgIpc) is 2.89. The van der Waals surface area contributed by atoms with Crippen molar-refractivity contribution in [3.05, 3.63) is 35.6 Å². The summed E-state index contributed by atoms with van der Waals surface area (Å²) in [6.45, 7) is 2.18. The smallest absolute Gasteiger partial charge is 0.230 e. The monoisotopic (exact) mass is 279 g/mol. The largest absolute Gasteiger partial charge is 0.393 e. The van der Waals surface area contributed by atoms with Crippen molar-refractivity contribution in [1.82, 2.24) is 5.32 Å². The van der Waals surface area contributed by atoms with Gasteiger partial charge in [-0.05, 0) is 43.9 Å². The zero-order valence-electron chi connectivity index (χ0n) is 11.9. The molecule has 0 aromatic heterocycles. The first-order chi connectivity index (χ1) is 9.54. The van der Waals surface area contributed by atoms with E-state index < -0.39 is 11.5 Å². The molecular weight excluding hydrogens is 257 g/mol. The second kappa shape index (κ2) is 6.35. The van der Waals surface area contributed by atoms with E-state index in [1.165, 1.54) is 12.1 Å². The highest BCUT2D eigenvalue weighted by Crippen LogP contribution is 2.41. The number of halogens is 1. The van der Waals surface area contributed by atoms with Gasteiger partial charge in [0.05, 0.1) is 11.5 Å². The fourth-order valence-electron chi connectivity index (χ4n) is 2.96. The van der Waals surface area contributed by atoms with Crippen LogP contribution in [0.25, 0.3) is 0 Å². The van der Waals surface area contributed by atoms with E-state index in [1.54, 1.807) is 19.1 Å². The first-order valence-electron chi connectivity index (χ1n) is 7.27. The number of hydrogen-bond acceptors (Lipinski definition) is 2. The molecule has 20 heavy (non-hydrogen) atoms.